The fourth-order valence-electron chi connectivity index (χ4n) is 2.33. The largest absolute Gasteiger partial charge is 0.491 e. The van der Waals surface area contributed by atoms with Crippen molar-refractivity contribution in [3.63, 3.8) is 0 Å². The SMILES string of the molecule is CC[C@H](Oc1ccccc1F)C(=O)N[C@H](C)COc1ccccc1C. The van der Waals surface area contributed by atoms with Crippen molar-refractivity contribution in [2.45, 2.75) is 39.3 Å². The molecule has 0 aromatic heterocycles. The maximum Gasteiger partial charge on any atom is 0.261 e. The molecule has 0 saturated heterocycles. The zero-order valence-corrected chi connectivity index (χ0v) is 14.8. The van der Waals surface area contributed by atoms with E-state index in [1.54, 1.807) is 12.1 Å². The number of hydrogen-bond acceptors (Lipinski definition) is 3. The fraction of sp³-hybridized carbons (Fsp3) is 0.350. The molecule has 134 valence electrons. The van der Waals surface area contributed by atoms with Crippen molar-refractivity contribution in [1.82, 2.24) is 5.32 Å². The van der Waals surface area contributed by atoms with Crippen molar-refractivity contribution in [3.05, 3.63) is 59.9 Å². The van der Waals surface area contributed by atoms with E-state index in [0.29, 0.717) is 13.0 Å². The molecule has 5 heteroatoms. The van der Waals surface area contributed by atoms with Gasteiger partial charge in [0.2, 0.25) is 0 Å². The second-order valence-corrected chi connectivity index (χ2v) is 5.93. The first-order valence-corrected chi connectivity index (χ1v) is 8.41. The highest BCUT2D eigenvalue weighted by atomic mass is 19.1. The summed E-state index contributed by atoms with van der Waals surface area (Å²) < 4.78 is 24.9. The minimum Gasteiger partial charge on any atom is -0.491 e. The lowest BCUT2D eigenvalue weighted by molar-refractivity contribution is -0.129. The molecule has 0 bridgehead atoms. The van der Waals surface area contributed by atoms with Crippen molar-refractivity contribution >= 4 is 5.91 Å². The van der Waals surface area contributed by atoms with Crippen LogP contribution in [-0.4, -0.2) is 24.7 Å². The molecule has 1 N–H and O–H groups in total. The van der Waals surface area contributed by atoms with Crippen LogP contribution in [-0.2, 0) is 4.79 Å². The van der Waals surface area contributed by atoms with Gasteiger partial charge in [0.25, 0.3) is 5.91 Å². The van der Waals surface area contributed by atoms with E-state index in [0.717, 1.165) is 11.3 Å². The summed E-state index contributed by atoms with van der Waals surface area (Å²) in [5, 5.41) is 2.85. The highest BCUT2D eigenvalue weighted by Gasteiger charge is 2.21. The molecule has 4 nitrogen and oxygen atoms in total. The predicted octanol–water partition coefficient (Wildman–Crippen LogP) is 3.88. The van der Waals surface area contributed by atoms with Crippen LogP contribution in [0.4, 0.5) is 4.39 Å². The number of ether oxygens (including phenoxy) is 2. The molecule has 25 heavy (non-hydrogen) atoms. The number of para-hydroxylation sites is 2. The third kappa shape index (κ3) is 5.48. The maximum atomic E-state index is 13.7. The number of amides is 1. The minimum absolute atomic E-state index is 0.0771. The number of carbonyl (C=O) groups excluding carboxylic acids is 1. The number of benzene rings is 2. The molecule has 2 atom stereocenters. The molecule has 0 aliphatic rings. The van der Waals surface area contributed by atoms with Gasteiger partial charge in [-0.05, 0) is 44.0 Å². The Morgan fingerprint density at radius 3 is 2.40 bits per heavy atom. The lowest BCUT2D eigenvalue weighted by atomic mass is 10.2. The van der Waals surface area contributed by atoms with Crippen LogP contribution >= 0.6 is 0 Å². The van der Waals surface area contributed by atoms with Crippen molar-refractivity contribution < 1.29 is 18.7 Å². The van der Waals surface area contributed by atoms with Crippen LogP contribution in [0.2, 0.25) is 0 Å². The summed E-state index contributed by atoms with van der Waals surface area (Å²) in [5.74, 6) is 0.0999. The Morgan fingerprint density at radius 1 is 1.12 bits per heavy atom. The lowest BCUT2D eigenvalue weighted by Crippen LogP contribution is -2.44. The summed E-state index contributed by atoms with van der Waals surface area (Å²) in [6.07, 6.45) is -0.316. The van der Waals surface area contributed by atoms with Gasteiger partial charge in [-0.15, -0.1) is 0 Å². The Kier molecular flexibility index (Phi) is 6.81. The van der Waals surface area contributed by atoms with E-state index in [9.17, 15) is 9.18 Å². The first-order valence-electron chi connectivity index (χ1n) is 8.41. The van der Waals surface area contributed by atoms with Gasteiger partial charge in [0, 0.05) is 0 Å². The summed E-state index contributed by atoms with van der Waals surface area (Å²) in [7, 11) is 0. The second kappa shape index (κ2) is 9.06. The lowest BCUT2D eigenvalue weighted by Gasteiger charge is -2.21. The molecule has 0 heterocycles. The number of rotatable bonds is 8. The van der Waals surface area contributed by atoms with Gasteiger partial charge in [0.05, 0.1) is 6.04 Å². The molecule has 2 rings (SSSR count). The smallest absolute Gasteiger partial charge is 0.261 e. The van der Waals surface area contributed by atoms with Crippen LogP contribution in [0.25, 0.3) is 0 Å². The van der Waals surface area contributed by atoms with E-state index in [-0.39, 0.29) is 17.7 Å². The van der Waals surface area contributed by atoms with E-state index in [4.69, 9.17) is 9.47 Å². The van der Waals surface area contributed by atoms with E-state index in [1.807, 2.05) is 45.0 Å². The van der Waals surface area contributed by atoms with Gasteiger partial charge in [-0.1, -0.05) is 37.3 Å². The summed E-state index contributed by atoms with van der Waals surface area (Å²) in [4.78, 5) is 12.4. The molecule has 0 fully saturated rings. The van der Waals surface area contributed by atoms with Crippen LogP contribution in [0, 0.1) is 12.7 Å². The van der Waals surface area contributed by atoms with Crippen molar-refractivity contribution in [3.8, 4) is 11.5 Å². The number of halogens is 1. The van der Waals surface area contributed by atoms with E-state index >= 15 is 0 Å². The van der Waals surface area contributed by atoms with E-state index < -0.39 is 11.9 Å². The van der Waals surface area contributed by atoms with Crippen molar-refractivity contribution in [2.75, 3.05) is 6.61 Å². The standard InChI is InChI=1S/C20H24FNO3/c1-4-17(25-19-12-8-6-10-16(19)21)20(23)22-15(3)13-24-18-11-7-5-9-14(18)2/h5-12,15,17H,4,13H2,1-3H3,(H,22,23)/t15-,17+/m1/s1. The zero-order chi connectivity index (χ0) is 18.2. The van der Waals surface area contributed by atoms with Crippen LogP contribution in [0.5, 0.6) is 11.5 Å². The molecule has 0 saturated carbocycles. The second-order valence-electron chi connectivity index (χ2n) is 5.93. The Bertz CT molecular complexity index is 705. The Hall–Kier alpha value is -2.56. The van der Waals surface area contributed by atoms with Gasteiger partial charge in [-0.3, -0.25) is 4.79 Å². The maximum absolute atomic E-state index is 13.7. The highest BCUT2D eigenvalue weighted by Crippen LogP contribution is 2.18. The van der Waals surface area contributed by atoms with Gasteiger partial charge < -0.3 is 14.8 Å². The quantitative estimate of drug-likeness (QED) is 0.790. The number of nitrogens with one attached hydrogen (secondary N) is 1. The van der Waals surface area contributed by atoms with Gasteiger partial charge in [-0.25, -0.2) is 4.39 Å². The number of hydrogen-bond donors (Lipinski definition) is 1. The summed E-state index contributed by atoms with van der Waals surface area (Å²) in [6, 6.07) is 13.6. The molecule has 2 aromatic carbocycles. The molecule has 0 aliphatic heterocycles. The normalized spacial score (nSPS) is 13.0. The highest BCUT2D eigenvalue weighted by molar-refractivity contribution is 5.81. The molecule has 0 unspecified atom stereocenters. The zero-order valence-electron chi connectivity index (χ0n) is 14.8. The summed E-state index contributed by atoms with van der Waals surface area (Å²) >= 11 is 0. The molecular formula is C20H24FNO3. The summed E-state index contributed by atoms with van der Waals surface area (Å²) in [5.41, 5.74) is 1.04. The van der Waals surface area contributed by atoms with Crippen molar-refractivity contribution in [2.24, 2.45) is 0 Å². The first kappa shape index (κ1) is 18.8. The molecular weight excluding hydrogens is 321 g/mol. The number of aryl methyl sites for hydroxylation is 1. The van der Waals surface area contributed by atoms with Gasteiger partial charge in [0.15, 0.2) is 17.7 Å². The van der Waals surface area contributed by atoms with Crippen LogP contribution < -0.4 is 14.8 Å². The van der Waals surface area contributed by atoms with Crippen molar-refractivity contribution in [1.29, 1.82) is 0 Å². The van der Waals surface area contributed by atoms with Crippen LogP contribution in [0.15, 0.2) is 48.5 Å². The van der Waals surface area contributed by atoms with Crippen LogP contribution in [0.1, 0.15) is 25.8 Å². The van der Waals surface area contributed by atoms with Crippen LogP contribution in [0.3, 0.4) is 0 Å². The topological polar surface area (TPSA) is 47.6 Å². The Balaban J connectivity index is 1.88. The van der Waals surface area contributed by atoms with Gasteiger partial charge >= 0.3 is 0 Å². The Labute approximate surface area is 148 Å². The third-order valence-corrected chi connectivity index (χ3v) is 3.74. The molecule has 0 radical (unpaired) electrons. The van der Waals surface area contributed by atoms with E-state index in [1.165, 1.54) is 12.1 Å². The Morgan fingerprint density at radius 2 is 1.76 bits per heavy atom. The molecule has 0 aliphatic carbocycles. The monoisotopic (exact) mass is 345 g/mol. The predicted molar refractivity (Wildman–Crippen MR) is 95.4 cm³/mol. The third-order valence-electron chi connectivity index (χ3n) is 3.74. The fourth-order valence-corrected chi connectivity index (χ4v) is 2.33. The van der Waals surface area contributed by atoms with Gasteiger partial charge in [0.1, 0.15) is 12.4 Å². The minimum atomic E-state index is -0.752. The average molecular weight is 345 g/mol. The molecule has 1 amide bonds. The summed E-state index contributed by atoms with van der Waals surface area (Å²) in [6.45, 7) is 5.98. The van der Waals surface area contributed by atoms with E-state index in [2.05, 4.69) is 5.32 Å². The first-order chi connectivity index (χ1) is 12.0. The molecule has 0 spiro atoms. The van der Waals surface area contributed by atoms with Gasteiger partial charge in [-0.2, -0.15) is 0 Å². The molecule has 2 aromatic rings. The number of carbonyl (C=O) groups is 1. The average Bonchev–Trinajstić information content (AvgIpc) is 2.60.